The number of esters is 1. The average molecular weight is 415 g/mol. The first-order chi connectivity index (χ1) is 14.9. The molecule has 0 bridgehead atoms. The number of nitrogens with zero attached hydrogens (tertiary/aromatic N) is 2. The molecule has 7 heteroatoms. The van der Waals surface area contributed by atoms with Gasteiger partial charge in [-0.05, 0) is 31.5 Å². The summed E-state index contributed by atoms with van der Waals surface area (Å²) in [7, 11) is 0. The SMILES string of the molecule is Cc1[nH]c2ccccc2c1C(=O)C(C)OC(=O)c1ccc(=O)n(Cc2ccccc2)n1. The molecule has 2 aromatic heterocycles. The third-order valence-electron chi connectivity index (χ3n) is 5.04. The van der Waals surface area contributed by atoms with Gasteiger partial charge in [0.1, 0.15) is 0 Å². The van der Waals surface area contributed by atoms with Crippen molar-refractivity contribution in [3.63, 3.8) is 0 Å². The lowest BCUT2D eigenvalue weighted by Crippen LogP contribution is -2.28. The molecular weight excluding hydrogens is 394 g/mol. The van der Waals surface area contributed by atoms with Gasteiger partial charge in [-0.3, -0.25) is 9.59 Å². The number of H-pyrrole nitrogens is 1. The molecule has 0 radical (unpaired) electrons. The van der Waals surface area contributed by atoms with E-state index < -0.39 is 12.1 Å². The van der Waals surface area contributed by atoms with Gasteiger partial charge in [-0.15, -0.1) is 0 Å². The van der Waals surface area contributed by atoms with E-state index in [4.69, 9.17) is 4.74 Å². The molecule has 0 amide bonds. The largest absolute Gasteiger partial charge is 0.449 e. The molecule has 156 valence electrons. The molecule has 4 aromatic rings. The summed E-state index contributed by atoms with van der Waals surface area (Å²) in [6.45, 7) is 3.56. The maximum atomic E-state index is 13.0. The predicted octanol–water partition coefficient (Wildman–Crippen LogP) is 3.51. The summed E-state index contributed by atoms with van der Waals surface area (Å²) < 4.78 is 6.59. The van der Waals surface area contributed by atoms with Crippen LogP contribution in [0.25, 0.3) is 10.9 Å². The van der Waals surface area contributed by atoms with E-state index in [9.17, 15) is 14.4 Å². The maximum Gasteiger partial charge on any atom is 0.359 e. The minimum atomic E-state index is -1.01. The second kappa shape index (κ2) is 8.39. The minimum absolute atomic E-state index is 0.0363. The number of hydrogen-bond acceptors (Lipinski definition) is 5. The van der Waals surface area contributed by atoms with Crippen LogP contribution >= 0.6 is 0 Å². The van der Waals surface area contributed by atoms with Gasteiger partial charge in [0.25, 0.3) is 5.56 Å². The van der Waals surface area contributed by atoms with Crippen molar-refractivity contribution in [3.05, 3.63) is 99.6 Å². The zero-order chi connectivity index (χ0) is 22.0. The van der Waals surface area contributed by atoms with Crippen molar-refractivity contribution < 1.29 is 14.3 Å². The second-order valence-corrected chi connectivity index (χ2v) is 7.28. The number of hydrogen-bond donors (Lipinski definition) is 1. The van der Waals surface area contributed by atoms with Gasteiger partial charge >= 0.3 is 5.97 Å². The van der Waals surface area contributed by atoms with Gasteiger partial charge in [0, 0.05) is 28.2 Å². The summed E-state index contributed by atoms with van der Waals surface area (Å²) in [5.41, 5.74) is 2.56. The van der Waals surface area contributed by atoms with Crippen molar-refractivity contribution in [1.29, 1.82) is 0 Å². The molecule has 0 spiro atoms. The van der Waals surface area contributed by atoms with Crippen LogP contribution in [-0.2, 0) is 11.3 Å². The number of aromatic amines is 1. The Bertz CT molecular complexity index is 1320. The normalized spacial score (nSPS) is 11.9. The van der Waals surface area contributed by atoms with E-state index in [0.717, 1.165) is 16.5 Å². The van der Waals surface area contributed by atoms with Crippen LogP contribution < -0.4 is 5.56 Å². The van der Waals surface area contributed by atoms with Crippen LogP contribution in [0.5, 0.6) is 0 Å². The summed E-state index contributed by atoms with van der Waals surface area (Å²) in [6.07, 6.45) is -1.01. The van der Waals surface area contributed by atoms with E-state index in [2.05, 4.69) is 10.1 Å². The fourth-order valence-corrected chi connectivity index (χ4v) is 3.50. The van der Waals surface area contributed by atoms with E-state index in [1.54, 1.807) is 0 Å². The molecule has 2 heterocycles. The molecule has 7 nitrogen and oxygen atoms in total. The van der Waals surface area contributed by atoms with Gasteiger partial charge in [-0.1, -0.05) is 48.5 Å². The number of nitrogens with one attached hydrogen (secondary N) is 1. The topological polar surface area (TPSA) is 94.0 Å². The molecule has 1 unspecified atom stereocenters. The molecule has 1 atom stereocenters. The van der Waals surface area contributed by atoms with Crippen LogP contribution in [0.15, 0.2) is 71.5 Å². The predicted molar refractivity (Wildman–Crippen MR) is 116 cm³/mol. The Hall–Kier alpha value is -4.00. The number of fused-ring (bicyclic) bond motifs is 1. The molecule has 0 saturated heterocycles. The quantitative estimate of drug-likeness (QED) is 0.384. The third kappa shape index (κ3) is 4.16. The number of benzene rings is 2. The Kier molecular flexibility index (Phi) is 5.49. The van der Waals surface area contributed by atoms with E-state index in [0.29, 0.717) is 11.3 Å². The molecule has 0 aliphatic carbocycles. The second-order valence-electron chi connectivity index (χ2n) is 7.28. The summed E-state index contributed by atoms with van der Waals surface area (Å²) in [4.78, 5) is 40.9. The molecule has 1 N–H and O–H groups in total. The number of carbonyl (C=O) groups excluding carboxylic acids is 2. The van der Waals surface area contributed by atoms with Crippen molar-refractivity contribution in [2.75, 3.05) is 0 Å². The van der Waals surface area contributed by atoms with Crippen LogP contribution in [-0.4, -0.2) is 32.6 Å². The van der Waals surface area contributed by atoms with Crippen molar-refractivity contribution in [1.82, 2.24) is 14.8 Å². The lowest BCUT2D eigenvalue weighted by atomic mass is 10.0. The monoisotopic (exact) mass is 415 g/mol. The highest BCUT2D eigenvalue weighted by Gasteiger charge is 2.25. The van der Waals surface area contributed by atoms with E-state index in [1.165, 1.54) is 23.7 Å². The first-order valence-corrected chi connectivity index (χ1v) is 9.88. The van der Waals surface area contributed by atoms with Crippen molar-refractivity contribution in [2.45, 2.75) is 26.5 Å². The molecule has 4 rings (SSSR count). The van der Waals surface area contributed by atoms with Crippen LogP contribution in [0.4, 0.5) is 0 Å². The molecule has 31 heavy (non-hydrogen) atoms. The Morgan fingerprint density at radius 2 is 1.74 bits per heavy atom. The Morgan fingerprint density at radius 3 is 2.52 bits per heavy atom. The van der Waals surface area contributed by atoms with Gasteiger partial charge < -0.3 is 9.72 Å². The van der Waals surface area contributed by atoms with E-state index >= 15 is 0 Å². The minimum Gasteiger partial charge on any atom is -0.449 e. The number of Topliss-reactive ketones (excluding diaryl/α,β-unsaturated/α-hetero) is 1. The van der Waals surface area contributed by atoms with Crippen LogP contribution in [0.3, 0.4) is 0 Å². The fraction of sp³-hybridized carbons (Fsp3) is 0.167. The highest BCUT2D eigenvalue weighted by atomic mass is 16.5. The zero-order valence-corrected chi connectivity index (χ0v) is 17.2. The summed E-state index contributed by atoms with van der Waals surface area (Å²) in [5.74, 6) is -1.07. The standard InChI is InChI=1S/C24H21N3O4/c1-15-22(18-10-6-7-11-19(18)25-15)23(29)16(2)31-24(30)20-12-13-21(28)27(26-20)14-17-8-4-3-5-9-17/h3-13,16,25H,14H2,1-2H3. The fourth-order valence-electron chi connectivity index (χ4n) is 3.50. The Labute approximate surface area is 178 Å². The summed E-state index contributed by atoms with van der Waals surface area (Å²) in [5, 5.41) is 4.90. The van der Waals surface area contributed by atoms with Gasteiger partial charge in [0.2, 0.25) is 5.78 Å². The molecule has 0 saturated carbocycles. The van der Waals surface area contributed by atoms with Crippen LogP contribution in [0, 0.1) is 6.92 Å². The van der Waals surface area contributed by atoms with Crippen molar-refractivity contribution in [2.24, 2.45) is 0 Å². The lowest BCUT2D eigenvalue weighted by molar-refractivity contribution is 0.0311. The van der Waals surface area contributed by atoms with Crippen molar-refractivity contribution >= 4 is 22.7 Å². The number of aryl methyl sites for hydroxylation is 1. The van der Waals surface area contributed by atoms with Crippen LogP contribution in [0.2, 0.25) is 0 Å². The summed E-state index contributed by atoms with van der Waals surface area (Å²) in [6, 6.07) is 19.4. The number of ether oxygens (including phenoxy) is 1. The number of para-hydroxylation sites is 1. The van der Waals surface area contributed by atoms with E-state index in [1.807, 2.05) is 61.5 Å². The van der Waals surface area contributed by atoms with Gasteiger partial charge in [0.05, 0.1) is 6.54 Å². The number of rotatable bonds is 6. The van der Waals surface area contributed by atoms with Crippen molar-refractivity contribution in [3.8, 4) is 0 Å². The molecule has 0 aliphatic rings. The molecule has 0 fully saturated rings. The Balaban J connectivity index is 1.54. The third-order valence-corrected chi connectivity index (χ3v) is 5.04. The lowest BCUT2D eigenvalue weighted by Gasteiger charge is -2.13. The summed E-state index contributed by atoms with van der Waals surface area (Å²) >= 11 is 0. The van der Waals surface area contributed by atoms with E-state index in [-0.39, 0.29) is 23.6 Å². The Morgan fingerprint density at radius 1 is 1.03 bits per heavy atom. The molecular formula is C24H21N3O4. The number of ketones is 1. The van der Waals surface area contributed by atoms with Gasteiger partial charge in [0.15, 0.2) is 11.8 Å². The maximum absolute atomic E-state index is 13.0. The molecule has 0 aliphatic heterocycles. The average Bonchev–Trinajstić information content (AvgIpc) is 3.11. The highest BCUT2D eigenvalue weighted by molar-refractivity contribution is 6.11. The smallest absolute Gasteiger partial charge is 0.359 e. The van der Waals surface area contributed by atoms with Crippen LogP contribution in [0.1, 0.15) is 39.0 Å². The zero-order valence-electron chi connectivity index (χ0n) is 17.2. The van der Waals surface area contributed by atoms with Gasteiger partial charge in [-0.2, -0.15) is 5.10 Å². The first kappa shape index (κ1) is 20.3. The first-order valence-electron chi connectivity index (χ1n) is 9.88. The number of carbonyl (C=O) groups is 2. The highest BCUT2D eigenvalue weighted by Crippen LogP contribution is 2.24. The number of aromatic nitrogens is 3. The van der Waals surface area contributed by atoms with Gasteiger partial charge in [-0.25, -0.2) is 9.48 Å². The molecule has 2 aromatic carbocycles.